The molecule has 0 saturated heterocycles. The van der Waals surface area contributed by atoms with Crippen LogP contribution in [0.2, 0.25) is 0 Å². The molecule has 7 heteroatoms. The van der Waals surface area contributed by atoms with Crippen LogP contribution in [-0.2, 0) is 0 Å². The van der Waals surface area contributed by atoms with Gasteiger partial charge in [-0.05, 0) is 18.1 Å². The fraction of sp³-hybridized carbons (Fsp3) is 0.300. The number of nitrogens with zero attached hydrogens (tertiary/aromatic N) is 3. The Morgan fingerprint density at radius 2 is 1.85 bits per heavy atom. The number of hydrogen-bond acceptors (Lipinski definition) is 6. The molecule has 1 aliphatic rings. The molecule has 3 aromatic rings. The lowest BCUT2D eigenvalue weighted by Crippen LogP contribution is -2.28. The summed E-state index contributed by atoms with van der Waals surface area (Å²) in [6, 6.07) is 14.2. The summed E-state index contributed by atoms with van der Waals surface area (Å²) in [7, 11) is 4.91. The first kappa shape index (κ1) is 17.2. The summed E-state index contributed by atoms with van der Waals surface area (Å²) in [6.45, 7) is 0. The van der Waals surface area contributed by atoms with Crippen molar-refractivity contribution >= 4 is 5.95 Å². The molecule has 27 heavy (non-hydrogen) atoms. The highest BCUT2D eigenvalue weighted by atomic mass is 16.5. The highest BCUT2D eigenvalue weighted by Gasteiger charge is 2.33. The van der Waals surface area contributed by atoms with E-state index in [9.17, 15) is 0 Å². The largest absolute Gasteiger partial charge is 0.497 e. The van der Waals surface area contributed by atoms with Gasteiger partial charge in [-0.15, -0.1) is 0 Å². The predicted octanol–water partition coefficient (Wildman–Crippen LogP) is 3.45. The van der Waals surface area contributed by atoms with E-state index < -0.39 is 0 Å². The van der Waals surface area contributed by atoms with E-state index in [-0.39, 0.29) is 12.1 Å². The minimum Gasteiger partial charge on any atom is -0.497 e. The molecule has 140 valence electrons. The highest BCUT2D eigenvalue weighted by molar-refractivity contribution is 5.54. The Labute approximate surface area is 157 Å². The second kappa shape index (κ2) is 7.19. The molecule has 4 rings (SSSR count). The van der Waals surface area contributed by atoms with E-state index in [1.807, 2.05) is 35.0 Å². The third-order valence-electron chi connectivity index (χ3n) is 4.91. The maximum atomic E-state index is 5.69. The van der Waals surface area contributed by atoms with Crippen molar-refractivity contribution in [1.82, 2.24) is 14.8 Å². The molecule has 0 amide bonds. The molecule has 0 aliphatic carbocycles. The van der Waals surface area contributed by atoms with Gasteiger partial charge in [-0.1, -0.05) is 30.3 Å². The fourth-order valence-corrected chi connectivity index (χ4v) is 3.62. The standard InChI is InChI=1S/C20H22N4O3/c1-25-14-9-15(19(27-3)18(10-14)26-2)17-11-16(13-7-5-4-6-8-13)23-20-21-12-22-24(17)20/h4-10,12,16-17H,11H2,1-3H3,(H,21,22,23)/t16-,17+/m0/s1. The molecule has 1 N–H and O–H groups in total. The normalized spacial score (nSPS) is 18.3. The Kier molecular flexibility index (Phi) is 4.58. The molecule has 2 heterocycles. The highest BCUT2D eigenvalue weighted by Crippen LogP contribution is 2.45. The number of aromatic nitrogens is 3. The van der Waals surface area contributed by atoms with Gasteiger partial charge in [0, 0.05) is 11.6 Å². The first-order valence-corrected chi connectivity index (χ1v) is 8.76. The summed E-state index contributed by atoms with van der Waals surface area (Å²) in [5.41, 5.74) is 2.15. The van der Waals surface area contributed by atoms with Crippen molar-refractivity contribution in [1.29, 1.82) is 0 Å². The first-order valence-electron chi connectivity index (χ1n) is 8.76. The Hall–Kier alpha value is -3.22. The second-order valence-corrected chi connectivity index (χ2v) is 6.34. The van der Waals surface area contributed by atoms with Gasteiger partial charge >= 0.3 is 0 Å². The predicted molar refractivity (Wildman–Crippen MR) is 102 cm³/mol. The minimum absolute atomic E-state index is 0.0760. The summed E-state index contributed by atoms with van der Waals surface area (Å²) in [5.74, 6) is 2.74. The van der Waals surface area contributed by atoms with Crippen LogP contribution in [0.15, 0.2) is 48.8 Å². The van der Waals surface area contributed by atoms with Crippen LogP contribution in [0.1, 0.15) is 29.6 Å². The third kappa shape index (κ3) is 3.05. The van der Waals surface area contributed by atoms with Crippen LogP contribution in [0.5, 0.6) is 17.2 Å². The number of anilines is 1. The summed E-state index contributed by atoms with van der Waals surface area (Å²) >= 11 is 0. The number of hydrogen-bond donors (Lipinski definition) is 1. The molecule has 0 fully saturated rings. The van der Waals surface area contributed by atoms with Crippen molar-refractivity contribution in [2.75, 3.05) is 26.6 Å². The molecule has 0 spiro atoms. The zero-order valence-electron chi connectivity index (χ0n) is 15.5. The molecule has 7 nitrogen and oxygen atoms in total. The molecule has 0 bridgehead atoms. The number of rotatable bonds is 5. The van der Waals surface area contributed by atoms with Crippen molar-refractivity contribution in [3.05, 3.63) is 59.9 Å². The molecule has 0 unspecified atom stereocenters. The van der Waals surface area contributed by atoms with Crippen LogP contribution in [0.25, 0.3) is 0 Å². The average Bonchev–Trinajstić information content (AvgIpc) is 3.21. The van der Waals surface area contributed by atoms with Crippen LogP contribution in [0, 0.1) is 0 Å². The Morgan fingerprint density at radius 3 is 2.56 bits per heavy atom. The van der Waals surface area contributed by atoms with Crippen LogP contribution in [-0.4, -0.2) is 36.1 Å². The Bertz CT molecular complexity index is 926. The zero-order chi connectivity index (χ0) is 18.8. The molecule has 0 saturated carbocycles. The molecule has 2 atom stereocenters. The van der Waals surface area contributed by atoms with Crippen molar-refractivity contribution in [3.63, 3.8) is 0 Å². The summed E-state index contributed by atoms with van der Waals surface area (Å²) in [6.07, 6.45) is 2.35. The summed E-state index contributed by atoms with van der Waals surface area (Å²) in [4.78, 5) is 4.39. The number of ether oxygens (including phenoxy) is 3. The SMILES string of the molecule is COc1cc(OC)c(OC)c([C@H]2C[C@@H](c3ccccc3)Nc3ncnn32)c1. The number of fused-ring (bicyclic) bond motifs is 1. The van der Waals surface area contributed by atoms with Crippen molar-refractivity contribution < 1.29 is 14.2 Å². The lowest BCUT2D eigenvalue weighted by molar-refractivity contribution is 0.334. The molecular formula is C20H22N4O3. The topological polar surface area (TPSA) is 70.4 Å². The lowest BCUT2D eigenvalue weighted by atomic mass is 9.92. The molecule has 0 radical (unpaired) electrons. The lowest BCUT2D eigenvalue weighted by Gasteiger charge is -2.32. The van der Waals surface area contributed by atoms with Crippen LogP contribution in [0.4, 0.5) is 5.95 Å². The zero-order valence-corrected chi connectivity index (χ0v) is 15.5. The van der Waals surface area contributed by atoms with E-state index in [0.717, 1.165) is 17.9 Å². The van der Waals surface area contributed by atoms with Crippen LogP contribution >= 0.6 is 0 Å². The van der Waals surface area contributed by atoms with Crippen molar-refractivity contribution in [2.45, 2.75) is 18.5 Å². The van der Waals surface area contributed by atoms with E-state index in [1.54, 1.807) is 27.7 Å². The molecule has 1 aromatic heterocycles. The van der Waals surface area contributed by atoms with Gasteiger partial charge in [0.1, 0.15) is 12.1 Å². The maximum Gasteiger partial charge on any atom is 0.222 e. The van der Waals surface area contributed by atoms with Crippen LogP contribution in [0.3, 0.4) is 0 Å². The van der Waals surface area contributed by atoms with Gasteiger partial charge in [0.2, 0.25) is 5.95 Å². The Balaban J connectivity index is 1.83. The minimum atomic E-state index is -0.0760. The summed E-state index contributed by atoms with van der Waals surface area (Å²) < 4.78 is 18.6. The molecule has 1 aliphatic heterocycles. The van der Waals surface area contributed by atoms with Gasteiger partial charge in [0.25, 0.3) is 0 Å². The third-order valence-corrected chi connectivity index (χ3v) is 4.91. The molecule has 2 aromatic carbocycles. The maximum absolute atomic E-state index is 5.69. The first-order chi connectivity index (χ1) is 13.2. The van der Waals surface area contributed by atoms with Gasteiger partial charge < -0.3 is 19.5 Å². The Morgan fingerprint density at radius 1 is 1.04 bits per heavy atom. The van der Waals surface area contributed by atoms with E-state index in [4.69, 9.17) is 14.2 Å². The quantitative estimate of drug-likeness (QED) is 0.746. The van der Waals surface area contributed by atoms with Gasteiger partial charge in [-0.3, -0.25) is 0 Å². The van der Waals surface area contributed by atoms with Gasteiger partial charge in [0.15, 0.2) is 11.5 Å². The fourth-order valence-electron chi connectivity index (χ4n) is 3.62. The van der Waals surface area contributed by atoms with E-state index >= 15 is 0 Å². The van der Waals surface area contributed by atoms with Crippen molar-refractivity contribution in [2.24, 2.45) is 0 Å². The van der Waals surface area contributed by atoms with E-state index in [1.165, 1.54) is 5.56 Å². The summed E-state index contributed by atoms with van der Waals surface area (Å²) in [5, 5.41) is 7.91. The monoisotopic (exact) mass is 366 g/mol. The van der Waals surface area contributed by atoms with Crippen molar-refractivity contribution in [3.8, 4) is 17.2 Å². The van der Waals surface area contributed by atoms with Crippen LogP contribution < -0.4 is 19.5 Å². The average molecular weight is 366 g/mol. The number of nitrogens with one attached hydrogen (secondary N) is 1. The smallest absolute Gasteiger partial charge is 0.222 e. The number of benzene rings is 2. The van der Waals surface area contributed by atoms with Gasteiger partial charge in [-0.2, -0.15) is 10.1 Å². The van der Waals surface area contributed by atoms with E-state index in [0.29, 0.717) is 17.2 Å². The molecular weight excluding hydrogens is 344 g/mol. The van der Waals surface area contributed by atoms with Gasteiger partial charge in [-0.25, -0.2) is 4.68 Å². The second-order valence-electron chi connectivity index (χ2n) is 6.34. The van der Waals surface area contributed by atoms with E-state index in [2.05, 4.69) is 27.5 Å². The number of methoxy groups -OCH3 is 3. The van der Waals surface area contributed by atoms with Gasteiger partial charge in [0.05, 0.1) is 33.4 Å².